The van der Waals surface area contributed by atoms with Crippen molar-refractivity contribution < 1.29 is 4.74 Å². The molecular formula is C14H17N3O. The summed E-state index contributed by atoms with van der Waals surface area (Å²) in [5.41, 5.74) is 1.12. The van der Waals surface area contributed by atoms with Gasteiger partial charge in [0, 0.05) is 18.9 Å². The van der Waals surface area contributed by atoms with Crippen LogP contribution in [0.5, 0.6) is 11.5 Å². The van der Waals surface area contributed by atoms with E-state index in [0.717, 1.165) is 36.6 Å². The summed E-state index contributed by atoms with van der Waals surface area (Å²) in [6, 6.07) is 5.70. The van der Waals surface area contributed by atoms with Crippen LogP contribution in [0, 0.1) is 0 Å². The van der Waals surface area contributed by atoms with E-state index in [9.17, 15) is 0 Å². The van der Waals surface area contributed by atoms with Gasteiger partial charge in [-0.15, -0.1) is 0 Å². The van der Waals surface area contributed by atoms with E-state index in [1.54, 1.807) is 18.6 Å². The molecule has 94 valence electrons. The van der Waals surface area contributed by atoms with Gasteiger partial charge in [0.05, 0.1) is 12.4 Å². The van der Waals surface area contributed by atoms with Crippen molar-refractivity contribution in [3.63, 3.8) is 0 Å². The molecule has 2 aromatic heterocycles. The van der Waals surface area contributed by atoms with Crippen LogP contribution in [0.4, 0.5) is 0 Å². The first kappa shape index (κ1) is 12.5. The maximum atomic E-state index is 5.67. The minimum atomic E-state index is 0.720. The van der Waals surface area contributed by atoms with E-state index < -0.39 is 0 Å². The number of nitrogens with one attached hydrogen (secondary N) is 1. The lowest BCUT2D eigenvalue weighted by atomic mass is 10.2. The lowest BCUT2D eigenvalue weighted by molar-refractivity contribution is 0.476. The Labute approximate surface area is 107 Å². The first-order valence-corrected chi connectivity index (χ1v) is 6.11. The van der Waals surface area contributed by atoms with Crippen molar-refractivity contribution in [3.8, 4) is 11.5 Å². The van der Waals surface area contributed by atoms with Crippen LogP contribution in [0.25, 0.3) is 0 Å². The van der Waals surface area contributed by atoms with E-state index in [0.29, 0.717) is 0 Å². The van der Waals surface area contributed by atoms with Gasteiger partial charge in [-0.25, -0.2) is 0 Å². The molecule has 0 aliphatic carbocycles. The summed E-state index contributed by atoms with van der Waals surface area (Å²) < 4.78 is 5.67. The van der Waals surface area contributed by atoms with E-state index in [1.807, 2.05) is 24.4 Å². The molecule has 0 spiro atoms. The summed E-state index contributed by atoms with van der Waals surface area (Å²) in [6.07, 6.45) is 8.08. The maximum Gasteiger partial charge on any atom is 0.146 e. The molecule has 2 aromatic rings. The highest BCUT2D eigenvalue weighted by Crippen LogP contribution is 2.19. The third kappa shape index (κ3) is 3.82. The molecular weight excluding hydrogens is 226 g/mol. The number of ether oxygens (including phenoxy) is 1. The molecule has 4 heteroatoms. The maximum absolute atomic E-state index is 5.67. The summed E-state index contributed by atoms with van der Waals surface area (Å²) in [6.45, 7) is 3.96. The number of hydrogen-bond donors (Lipinski definition) is 1. The molecule has 0 bridgehead atoms. The lowest BCUT2D eigenvalue weighted by Gasteiger charge is -2.07. The highest BCUT2D eigenvalue weighted by Gasteiger charge is 1.99. The summed E-state index contributed by atoms with van der Waals surface area (Å²) >= 11 is 0. The zero-order chi connectivity index (χ0) is 12.6. The SMILES string of the molecule is CCCNCc1cncc(Oc2cccnc2)c1. The molecule has 0 aliphatic heterocycles. The van der Waals surface area contributed by atoms with Crippen molar-refractivity contribution in [2.75, 3.05) is 6.54 Å². The molecule has 18 heavy (non-hydrogen) atoms. The Bertz CT molecular complexity index is 473. The van der Waals surface area contributed by atoms with E-state index in [4.69, 9.17) is 4.74 Å². The molecule has 0 fully saturated rings. The van der Waals surface area contributed by atoms with Gasteiger partial charge in [-0.1, -0.05) is 6.92 Å². The standard InChI is InChI=1S/C14H17N3O/c1-2-5-15-8-12-7-14(11-17-9-12)18-13-4-3-6-16-10-13/h3-4,6-7,9-11,15H,2,5,8H2,1H3. The molecule has 0 radical (unpaired) electrons. The molecule has 0 saturated heterocycles. The van der Waals surface area contributed by atoms with Crippen LogP contribution >= 0.6 is 0 Å². The van der Waals surface area contributed by atoms with Crippen LogP contribution in [0.15, 0.2) is 43.0 Å². The van der Waals surface area contributed by atoms with Crippen molar-refractivity contribution in [1.82, 2.24) is 15.3 Å². The van der Waals surface area contributed by atoms with Crippen LogP contribution in [0.2, 0.25) is 0 Å². The Morgan fingerprint density at radius 1 is 1.17 bits per heavy atom. The zero-order valence-electron chi connectivity index (χ0n) is 10.5. The predicted octanol–water partition coefficient (Wildman–Crippen LogP) is 2.77. The Morgan fingerprint density at radius 3 is 2.83 bits per heavy atom. The molecule has 0 amide bonds. The largest absolute Gasteiger partial charge is 0.454 e. The van der Waals surface area contributed by atoms with Crippen LogP contribution in [-0.4, -0.2) is 16.5 Å². The van der Waals surface area contributed by atoms with Gasteiger partial charge in [0.25, 0.3) is 0 Å². The van der Waals surface area contributed by atoms with Gasteiger partial charge in [-0.3, -0.25) is 9.97 Å². The fraction of sp³-hybridized carbons (Fsp3) is 0.286. The number of aromatic nitrogens is 2. The van der Waals surface area contributed by atoms with Gasteiger partial charge in [0.2, 0.25) is 0 Å². The Hall–Kier alpha value is -1.94. The molecule has 1 N–H and O–H groups in total. The summed E-state index contributed by atoms with van der Waals surface area (Å²) in [5, 5.41) is 3.33. The first-order chi connectivity index (χ1) is 8.88. The molecule has 0 aliphatic rings. The van der Waals surface area contributed by atoms with Crippen molar-refractivity contribution in [3.05, 3.63) is 48.5 Å². The first-order valence-electron chi connectivity index (χ1n) is 6.11. The van der Waals surface area contributed by atoms with E-state index in [2.05, 4.69) is 22.2 Å². The molecule has 4 nitrogen and oxygen atoms in total. The second-order valence-corrected chi connectivity index (χ2v) is 4.00. The average molecular weight is 243 g/mol. The van der Waals surface area contributed by atoms with Crippen molar-refractivity contribution in [1.29, 1.82) is 0 Å². The minimum absolute atomic E-state index is 0.720. The third-order valence-electron chi connectivity index (χ3n) is 2.40. The zero-order valence-corrected chi connectivity index (χ0v) is 10.5. The van der Waals surface area contributed by atoms with Crippen molar-refractivity contribution in [2.45, 2.75) is 19.9 Å². The minimum Gasteiger partial charge on any atom is -0.454 e. The molecule has 0 unspecified atom stereocenters. The molecule has 0 aromatic carbocycles. The van der Waals surface area contributed by atoms with Gasteiger partial charge in [-0.2, -0.15) is 0 Å². The lowest BCUT2D eigenvalue weighted by Crippen LogP contribution is -2.13. The Balaban J connectivity index is 1.99. The average Bonchev–Trinajstić information content (AvgIpc) is 2.41. The van der Waals surface area contributed by atoms with Crippen molar-refractivity contribution >= 4 is 0 Å². The van der Waals surface area contributed by atoms with Gasteiger partial charge in [0.15, 0.2) is 0 Å². The second kappa shape index (κ2) is 6.71. The number of nitrogens with zero attached hydrogens (tertiary/aromatic N) is 2. The van der Waals surface area contributed by atoms with E-state index >= 15 is 0 Å². The normalized spacial score (nSPS) is 10.3. The fourth-order valence-corrected chi connectivity index (χ4v) is 1.57. The number of rotatable bonds is 6. The van der Waals surface area contributed by atoms with E-state index in [1.165, 1.54) is 0 Å². The smallest absolute Gasteiger partial charge is 0.146 e. The quantitative estimate of drug-likeness (QED) is 0.792. The highest BCUT2D eigenvalue weighted by atomic mass is 16.5. The Morgan fingerprint density at radius 2 is 2.06 bits per heavy atom. The summed E-state index contributed by atoms with van der Waals surface area (Å²) in [7, 11) is 0. The molecule has 2 heterocycles. The summed E-state index contributed by atoms with van der Waals surface area (Å²) in [4.78, 5) is 8.18. The monoisotopic (exact) mass is 243 g/mol. The summed E-state index contributed by atoms with van der Waals surface area (Å²) in [5.74, 6) is 1.46. The second-order valence-electron chi connectivity index (χ2n) is 4.00. The van der Waals surface area contributed by atoms with Gasteiger partial charge < -0.3 is 10.1 Å². The van der Waals surface area contributed by atoms with Crippen LogP contribution in [-0.2, 0) is 6.54 Å². The molecule has 0 atom stereocenters. The van der Waals surface area contributed by atoms with Gasteiger partial charge in [0.1, 0.15) is 11.5 Å². The highest BCUT2D eigenvalue weighted by molar-refractivity contribution is 5.29. The predicted molar refractivity (Wildman–Crippen MR) is 70.5 cm³/mol. The number of pyridine rings is 2. The number of hydrogen-bond acceptors (Lipinski definition) is 4. The van der Waals surface area contributed by atoms with Gasteiger partial charge >= 0.3 is 0 Å². The van der Waals surface area contributed by atoms with E-state index in [-0.39, 0.29) is 0 Å². The van der Waals surface area contributed by atoms with Crippen LogP contribution in [0.3, 0.4) is 0 Å². The topological polar surface area (TPSA) is 47.0 Å². The van der Waals surface area contributed by atoms with Crippen LogP contribution in [0.1, 0.15) is 18.9 Å². The molecule has 2 rings (SSSR count). The van der Waals surface area contributed by atoms with Gasteiger partial charge in [-0.05, 0) is 36.7 Å². The third-order valence-corrected chi connectivity index (χ3v) is 2.40. The van der Waals surface area contributed by atoms with Crippen LogP contribution < -0.4 is 10.1 Å². The fourth-order valence-electron chi connectivity index (χ4n) is 1.57. The van der Waals surface area contributed by atoms with Crippen molar-refractivity contribution in [2.24, 2.45) is 0 Å². The Kier molecular flexibility index (Phi) is 4.67. The molecule has 0 saturated carbocycles.